The third-order valence-electron chi connectivity index (χ3n) is 2.64. The molecule has 21 heavy (non-hydrogen) atoms. The maximum atomic E-state index is 11.1. The number of hydrogen-bond acceptors (Lipinski definition) is 3. The number of carboxylic acid groups (broad SMARTS) is 2. The van der Waals surface area contributed by atoms with Crippen LogP contribution < -0.4 is 34.9 Å². The first kappa shape index (κ1) is 17.5. The fourth-order valence-electron chi connectivity index (χ4n) is 1.73. The first-order valence-corrected chi connectivity index (χ1v) is 5.99. The summed E-state index contributed by atoms with van der Waals surface area (Å²) in [6.07, 6.45) is 0. The van der Waals surface area contributed by atoms with E-state index < -0.39 is 11.9 Å². The maximum Gasteiger partial charge on any atom is 1.00 e. The molecule has 0 unspecified atom stereocenters. The van der Waals surface area contributed by atoms with E-state index >= 15 is 0 Å². The van der Waals surface area contributed by atoms with Gasteiger partial charge >= 0.3 is 41.5 Å². The quantitative estimate of drug-likeness (QED) is 0.715. The summed E-state index contributed by atoms with van der Waals surface area (Å²) in [7, 11) is 0. The van der Waals surface area contributed by atoms with E-state index in [1.165, 1.54) is 24.3 Å². The Labute approximate surface area is 147 Å². The van der Waals surface area contributed by atoms with Crippen LogP contribution in [0.15, 0.2) is 42.5 Å². The van der Waals surface area contributed by atoms with Crippen molar-refractivity contribution in [2.45, 2.75) is 0 Å². The monoisotopic (exact) mass is 314 g/mol. The standard InChI is InChI=1S/C14H10ClNO4.Na/c15-8-5-6-10(14(19)20)12(7-8)16-11-4-2-1-3-9(11)13(17)18;/h1-7,16H,(H,17,18)(H,19,20);/q;+1. The minimum absolute atomic E-state index is 0. The zero-order valence-electron chi connectivity index (χ0n) is 11.1. The summed E-state index contributed by atoms with van der Waals surface area (Å²) in [5, 5.41) is 21.4. The molecule has 0 saturated heterocycles. The number of carbonyl (C=O) groups is 2. The number of rotatable bonds is 4. The Bertz CT molecular complexity index is 690. The zero-order chi connectivity index (χ0) is 14.7. The molecule has 0 bridgehead atoms. The van der Waals surface area contributed by atoms with Crippen molar-refractivity contribution >= 4 is 34.9 Å². The smallest absolute Gasteiger partial charge is 0.478 e. The number of anilines is 2. The molecule has 0 aliphatic rings. The summed E-state index contributed by atoms with van der Waals surface area (Å²) in [5.41, 5.74) is 0.585. The molecular weight excluding hydrogens is 305 g/mol. The van der Waals surface area contributed by atoms with Crippen molar-refractivity contribution in [2.75, 3.05) is 5.32 Å². The number of carboxylic acids is 2. The van der Waals surface area contributed by atoms with Gasteiger partial charge < -0.3 is 15.5 Å². The Hall–Kier alpha value is -1.53. The van der Waals surface area contributed by atoms with E-state index in [9.17, 15) is 9.59 Å². The molecule has 0 aliphatic heterocycles. The largest absolute Gasteiger partial charge is 1.00 e. The summed E-state index contributed by atoms with van der Waals surface area (Å²) in [6.45, 7) is 0. The van der Waals surface area contributed by atoms with Gasteiger partial charge in [-0.25, -0.2) is 9.59 Å². The van der Waals surface area contributed by atoms with Gasteiger partial charge in [-0.2, -0.15) is 0 Å². The molecule has 0 amide bonds. The fraction of sp³-hybridized carbons (Fsp3) is 0. The summed E-state index contributed by atoms with van der Waals surface area (Å²) in [5.74, 6) is -2.23. The second-order valence-electron chi connectivity index (χ2n) is 3.97. The minimum Gasteiger partial charge on any atom is -0.478 e. The maximum absolute atomic E-state index is 11.1. The molecule has 102 valence electrons. The molecule has 3 N–H and O–H groups in total. The molecule has 2 aromatic rings. The predicted molar refractivity (Wildman–Crippen MR) is 75.1 cm³/mol. The van der Waals surface area contributed by atoms with Gasteiger partial charge in [0.15, 0.2) is 0 Å². The Morgan fingerprint density at radius 3 is 2.10 bits per heavy atom. The number of nitrogens with one attached hydrogen (secondary N) is 1. The molecule has 5 nitrogen and oxygen atoms in total. The number of para-hydroxylation sites is 1. The summed E-state index contributed by atoms with van der Waals surface area (Å²) >= 11 is 5.84. The third kappa shape index (κ3) is 4.22. The Balaban J connectivity index is 0.00000220. The molecule has 0 atom stereocenters. The van der Waals surface area contributed by atoms with Crippen LogP contribution in [0.25, 0.3) is 0 Å². The number of halogens is 1. The molecule has 2 rings (SSSR count). The van der Waals surface area contributed by atoms with Crippen molar-refractivity contribution in [3.8, 4) is 0 Å². The van der Waals surface area contributed by atoms with Crippen LogP contribution in [0, 0.1) is 0 Å². The van der Waals surface area contributed by atoms with Gasteiger partial charge in [0, 0.05) is 5.02 Å². The molecule has 0 radical (unpaired) electrons. The van der Waals surface area contributed by atoms with E-state index in [-0.39, 0.29) is 46.4 Å². The van der Waals surface area contributed by atoms with Gasteiger partial charge in [0.05, 0.1) is 22.5 Å². The van der Waals surface area contributed by atoms with E-state index in [1.807, 2.05) is 0 Å². The van der Waals surface area contributed by atoms with Crippen LogP contribution in [0.4, 0.5) is 11.4 Å². The van der Waals surface area contributed by atoms with Crippen LogP contribution in [0.3, 0.4) is 0 Å². The first-order chi connectivity index (χ1) is 9.49. The zero-order valence-corrected chi connectivity index (χ0v) is 13.9. The molecule has 0 saturated carbocycles. The molecule has 2 aromatic carbocycles. The first-order valence-electron chi connectivity index (χ1n) is 5.61. The Kier molecular flexibility index (Phi) is 6.23. The van der Waals surface area contributed by atoms with Gasteiger partial charge in [0.1, 0.15) is 0 Å². The number of benzene rings is 2. The summed E-state index contributed by atoms with van der Waals surface area (Å²) < 4.78 is 0. The van der Waals surface area contributed by atoms with Gasteiger partial charge in [-0.15, -0.1) is 0 Å². The summed E-state index contributed by atoms with van der Waals surface area (Å²) in [4.78, 5) is 22.3. The SMILES string of the molecule is O=C(O)c1ccccc1Nc1cc(Cl)ccc1C(=O)O.[Na+]. The van der Waals surface area contributed by atoms with E-state index in [4.69, 9.17) is 21.8 Å². The minimum atomic E-state index is -1.13. The van der Waals surface area contributed by atoms with Crippen LogP contribution in [0.5, 0.6) is 0 Å². The Morgan fingerprint density at radius 1 is 0.905 bits per heavy atom. The molecule has 7 heteroatoms. The van der Waals surface area contributed by atoms with Crippen molar-refractivity contribution in [1.29, 1.82) is 0 Å². The molecule has 0 heterocycles. The normalized spacial score (nSPS) is 9.57. The van der Waals surface area contributed by atoms with Crippen molar-refractivity contribution in [1.82, 2.24) is 0 Å². The van der Waals surface area contributed by atoms with Gasteiger partial charge in [0.2, 0.25) is 0 Å². The predicted octanol–water partition coefficient (Wildman–Crippen LogP) is 0.484. The average molecular weight is 315 g/mol. The van der Waals surface area contributed by atoms with E-state index in [0.717, 1.165) is 0 Å². The van der Waals surface area contributed by atoms with E-state index in [2.05, 4.69) is 5.32 Å². The molecular formula is C14H10ClNNaO4+. The Morgan fingerprint density at radius 2 is 1.48 bits per heavy atom. The van der Waals surface area contributed by atoms with Crippen LogP contribution in [-0.2, 0) is 0 Å². The van der Waals surface area contributed by atoms with Crippen molar-refractivity contribution in [2.24, 2.45) is 0 Å². The van der Waals surface area contributed by atoms with Crippen LogP contribution >= 0.6 is 11.6 Å². The van der Waals surface area contributed by atoms with Gasteiger partial charge in [-0.1, -0.05) is 23.7 Å². The second-order valence-corrected chi connectivity index (χ2v) is 4.41. The van der Waals surface area contributed by atoms with Crippen LogP contribution in [0.2, 0.25) is 5.02 Å². The molecule has 0 spiro atoms. The fourth-order valence-corrected chi connectivity index (χ4v) is 1.90. The number of aromatic carboxylic acids is 2. The molecule has 0 fully saturated rings. The topological polar surface area (TPSA) is 86.6 Å². The van der Waals surface area contributed by atoms with E-state index in [1.54, 1.807) is 18.2 Å². The van der Waals surface area contributed by atoms with Crippen molar-refractivity contribution < 1.29 is 49.4 Å². The number of hydrogen-bond donors (Lipinski definition) is 3. The molecule has 0 aromatic heterocycles. The van der Waals surface area contributed by atoms with Gasteiger partial charge in [0.25, 0.3) is 0 Å². The van der Waals surface area contributed by atoms with E-state index in [0.29, 0.717) is 10.7 Å². The van der Waals surface area contributed by atoms with Crippen LogP contribution in [-0.4, -0.2) is 22.2 Å². The molecule has 0 aliphatic carbocycles. The van der Waals surface area contributed by atoms with Gasteiger partial charge in [-0.05, 0) is 30.3 Å². The van der Waals surface area contributed by atoms with Crippen LogP contribution in [0.1, 0.15) is 20.7 Å². The van der Waals surface area contributed by atoms with Gasteiger partial charge in [-0.3, -0.25) is 0 Å². The summed E-state index contributed by atoms with van der Waals surface area (Å²) in [6, 6.07) is 10.5. The average Bonchev–Trinajstić information content (AvgIpc) is 2.38. The second kappa shape index (κ2) is 7.47. The van der Waals surface area contributed by atoms with Crippen molar-refractivity contribution in [3.63, 3.8) is 0 Å². The van der Waals surface area contributed by atoms with Crippen molar-refractivity contribution in [3.05, 3.63) is 58.6 Å². The third-order valence-corrected chi connectivity index (χ3v) is 2.87.